The average molecular weight is 437 g/mol. The molecule has 9 heteroatoms. The molecule has 3 aromatic rings. The van der Waals surface area contributed by atoms with Gasteiger partial charge in [0, 0.05) is 26.1 Å². The van der Waals surface area contributed by atoms with E-state index >= 15 is 0 Å². The van der Waals surface area contributed by atoms with Gasteiger partial charge in [-0.15, -0.1) is 0 Å². The van der Waals surface area contributed by atoms with E-state index < -0.39 is 18.1 Å². The van der Waals surface area contributed by atoms with E-state index in [0.29, 0.717) is 30.8 Å². The van der Waals surface area contributed by atoms with E-state index in [4.69, 9.17) is 9.84 Å². The van der Waals surface area contributed by atoms with Crippen LogP contribution in [0, 0.1) is 0 Å². The molecule has 0 saturated heterocycles. The van der Waals surface area contributed by atoms with Crippen LogP contribution in [0.1, 0.15) is 17.8 Å². The summed E-state index contributed by atoms with van der Waals surface area (Å²) in [5, 5.41) is 19.3. The number of para-hydroxylation sites is 2. The predicted octanol–water partition coefficient (Wildman–Crippen LogP) is 3.31. The molecule has 0 bridgehead atoms. The molecule has 3 rings (SSSR count). The number of ether oxygens (including phenoxy) is 1. The molecule has 0 aliphatic heterocycles. The molecule has 0 aliphatic rings. The molecule has 2 N–H and O–H groups in total. The molecule has 1 heterocycles. The highest BCUT2D eigenvalue weighted by Crippen LogP contribution is 2.31. The minimum absolute atomic E-state index is 0.0739. The smallest absolute Gasteiger partial charge is 0.449 e. The lowest BCUT2D eigenvalue weighted by atomic mass is 10.2. The van der Waals surface area contributed by atoms with E-state index in [0.717, 1.165) is 10.1 Å². The zero-order valence-corrected chi connectivity index (χ0v) is 17.2. The first-order valence-electron chi connectivity index (χ1n) is 9.99. The third-order valence-electron chi connectivity index (χ3n) is 4.77. The third-order valence-corrected chi connectivity index (χ3v) is 4.77. The first-order valence-corrected chi connectivity index (χ1v) is 9.99. The Morgan fingerprint density at radius 3 is 2.52 bits per heavy atom. The second-order valence-corrected chi connectivity index (χ2v) is 7.45. The van der Waals surface area contributed by atoms with Gasteiger partial charge in [0.05, 0.1) is 30.3 Å². The lowest BCUT2D eigenvalue weighted by Gasteiger charge is -2.22. The number of likely N-dealkylation sites (N-methyl/N-ethyl adjacent to an activating group) is 1. The number of halogens is 3. The number of benzene rings is 2. The van der Waals surface area contributed by atoms with Crippen LogP contribution >= 0.6 is 0 Å². The van der Waals surface area contributed by atoms with Gasteiger partial charge in [-0.3, -0.25) is 4.90 Å². The second kappa shape index (κ2) is 10.1. The molecule has 0 radical (unpaired) electrons. The molecule has 2 aromatic carbocycles. The molecule has 168 valence electrons. The van der Waals surface area contributed by atoms with Crippen LogP contribution in [0.2, 0.25) is 0 Å². The third kappa shape index (κ3) is 6.19. The summed E-state index contributed by atoms with van der Waals surface area (Å²) in [4.78, 5) is 5.55. The Morgan fingerprint density at radius 1 is 1.13 bits per heavy atom. The summed E-state index contributed by atoms with van der Waals surface area (Å²) in [7, 11) is 1.80. The van der Waals surface area contributed by atoms with E-state index in [1.54, 1.807) is 25.2 Å². The monoisotopic (exact) mass is 437 g/mol. The molecular formula is C22H26F3N3O3. The Balaban J connectivity index is 1.61. The quantitative estimate of drug-likeness (QED) is 0.477. The van der Waals surface area contributed by atoms with E-state index in [9.17, 15) is 18.3 Å². The number of hydrogen-bond donors (Lipinski definition) is 2. The van der Waals surface area contributed by atoms with Gasteiger partial charge < -0.3 is 19.5 Å². The molecule has 6 nitrogen and oxygen atoms in total. The van der Waals surface area contributed by atoms with Crippen LogP contribution in [-0.4, -0.2) is 57.6 Å². The summed E-state index contributed by atoms with van der Waals surface area (Å²) in [5.74, 6) is -0.307. The number of rotatable bonds is 10. The highest BCUT2D eigenvalue weighted by molar-refractivity contribution is 5.76. The van der Waals surface area contributed by atoms with Crippen LogP contribution in [0.4, 0.5) is 13.2 Å². The Morgan fingerprint density at radius 2 is 1.84 bits per heavy atom. The first kappa shape index (κ1) is 23.1. The number of aromatic nitrogens is 2. The molecule has 31 heavy (non-hydrogen) atoms. The van der Waals surface area contributed by atoms with Crippen molar-refractivity contribution in [2.75, 3.05) is 26.8 Å². The topological polar surface area (TPSA) is 70.8 Å². The summed E-state index contributed by atoms with van der Waals surface area (Å²) in [6.07, 6.45) is -5.05. The van der Waals surface area contributed by atoms with Gasteiger partial charge in [0.1, 0.15) is 5.75 Å². The van der Waals surface area contributed by atoms with Gasteiger partial charge in [0.15, 0.2) is 0 Å². The van der Waals surface area contributed by atoms with Gasteiger partial charge >= 0.3 is 6.18 Å². The molecular weight excluding hydrogens is 411 g/mol. The van der Waals surface area contributed by atoms with E-state index in [2.05, 4.69) is 4.98 Å². The zero-order valence-electron chi connectivity index (χ0n) is 17.2. The van der Waals surface area contributed by atoms with E-state index in [1.165, 1.54) is 6.07 Å². The zero-order chi connectivity index (χ0) is 22.4. The summed E-state index contributed by atoms with van der Waals surface area (Å²) in [6, 6.07) is 13.8. The molecule has 1 aromatic heterocycles. The Hall–Kier alpha value is -2.62. The SMILES string of the molecule is CN(Cc1ccc(OCCCO)cc1)CC(O)Cn1c(C(F)(F)F)nc2ccccc21. The van der Waals surface area contributed by atoms with Crippen LogP contribution in [0.3, 0.4) is 0 Å². The van der Waals surface area contributed by atoms with Crippen molar-refractivity contribution < 1.29 is 28.1 Å². The Kier molecular flexibility index (Phi) is 7.53. The number of alkyl halides is 3. The fourth-order valence-corrected chi connectivity index (χ4v) is 3.43. The average Bonchev–Trinajstić information content (AvgIpc) is 3.08. The predicted molar refractivity (Wildman–Crippen MR) is 111 cm³/mol. The van der Waals surface area contributed by atoms with Crippen molar-refractivity contribution in [3.05, 3.63) is 59.9 Å². The number of hydrogen-bond acceptors (Lipinski definition) is 5. The number of nitrogens with zero attached hydrogens (tertiary/aromatic N) is 3. The van der Waals surface area contributed by atoms with Crippen LogP contribution in [0.15, 0.2) is 48.5 Å². The normalized spacial score (nSPS) is 13.1. The molecule has 0 aliphatic carbocycles. The fourth-order valence-electron chi connectivity index (χ4n) is 3.43. The van der Waals surface area contributed by atoms with Crippen molar-refractivity contribution >= 4 is 11.0 Å². The van der Waals surface area contributed by atoms with Crippen molar-refractivity contribution in [1.82, 2.24) is 14.5 Å². The maximum Gasteiger partial charge on any atom is 0.449 e. The minimum Gasteiger partial charge on any atom is -0.494 e. The molecule has 0 amide bonds. The van der Waals surface area contributed by atoms with Gasteiger partial charge in [0.2, 0.25) is 5.82 Å². The van der Waals surface area contributed by atoms with Crippen molar-refractivity contribution in [3.63, 3.8) is 0 Å². The van der Waals surface area contributed by atoms with Crippen molar-refractivity contribution in [3.8, 4) is 5.75 Å². The summed E-state index contributed by atoms with van der Waals surface area (Å²) in [5.41, 5.74) is 1.57. The Labute approximate surface area is 178 Å². The number of aliphatic hydroxyl groups is 2. The largest absolute Gasteiger partial charge is 0.494 e. The molecule has 0 saturated carbocycles. The van der Waals surface area contributed by atoms with Gasteiger partial charge in [-0.2, -0.15) is 13.2 Å². The lowest BCUT2D eigenvalue weighted by Crippen LogP contribution is -2.32. The van der Waals surface area contributed by atoms with Crippen LogP contribution in [-0.2, 0) is 19.3 Å². The minimum atomic E-state index is -4.61. The highest BCUT2D eigenvalue weighted by atomic mass is 19.4. The van der Waals surface area contributed by atoms with Crippen molar-refractivity contribution in [2.24, 2.45) is 0 Å². The van der Waals surface area contributed by atoms with E-state index in [-0.39, 0.29) is 25.2 Å². The molecule has 1 unspecified atom stereocenters. The van der Waals surface area contributed by atoms with Gasteiger partial charge in [-0.25, -0.2) is 4.98 Å². The molecule has 0 spiro atoms. The molecule has 1 atom stereocenters. The fraction of sp³-hybridized carbons (Fsp3) is 0.409. The van der Waals surface area contributed by atoms with Gasteiger partial charge in [-0.1, -0.05) is 24.3 Å². The Bertz CT molecular complexity index is 974. The maximum atomic E-state index is 13.4. The van der Waals surface area contributed by atoms with Crippen molar-refractivity contribution in [2.45, 2.75) is 31.8 Å². The van der Waals surface area contributed by atoms with Gasteiger partial charge in [0.25, 0.3) is 0 Å². The van der Waals surface area contributed by atoms with Crippen LogP contribution in [0.25, 0.3) is 11.0 Å². The van der Waals surface area contributed by atoms with Crippen LogP contribution in [0.5, 0.6) is 5.75 Å². The standard InChI is InChI=1S/C22H26F3N3O3/c1-27(13-16-7-9-18(10-8-16)31-12-4-11-29)14-17(30)15-28-20-6-3-2-5-19(20)26-21(28)22(23,24)25/h2-3,5-10,17,29-30H,4,11-15H2,1H3. The molecule has 0 fully saturated rings. The summed E-state index contributed by atoms with van der Waals surface area (Å²) in [6.45, 7) is 1.01. The van der Waals surface area contributed by atoms with Crippen LogP contribution < -0.4 is 4.74 Å². The summed E-state index contributed by atoms with van der Waals surface area (Å²) >= 11 is 0. The van der Waals surface area contributed by atoms with E-state index in [1.807, 2.05) is 29.2 Å². The lowest BCUT2D eigenvalue weighted by molar-refractivity contribution is -0.147. The highest BCUT2D eigenvalue weighted by Gasteiger charge is 2.38. The number of imidazole rings is 1. The first-order chi connectivity index (χ1) is 14.8. The number of fused-ring (bicyclic) bond motifs is 1. The van der Waals surface area contributed by atoms with Gasteiger partial charge in [-0.05, 0) is 36.9 Å². The van der Waals surface area contributed by atoms with Crippen molar-refractivity contribution in [1.29, 1.82) is 0 Å². The summed E-state index contributed by atoms with van der Waals surface area (Å²) < 4.78 is 46.8. The number of aliphatic hydroxyl groups excluding tert-OH is 2. The second-order valence-electron chi connectivity index (χ2n) is 7.45. The maximum absolute atomic E-state index is 13.4.